The van der Waals surface area contributed by atoms with E-state index in [0.717, 1.165) is 71.1 Å². The highest BCUT2D eigenvalue weighted by Crippen LogP contribution is 2.26. The average Bonchev–Trinajstić information content (AvgIpc) is 2.88. The molecule has 0 spiro atoms. The Labute approximate surface area is 194 Å². The van der Waals surface area contributed by atoms with Crippen molar-refractivity contribution < 1.29 is 0 Å². The molecule has 0 atom stereocenters. The molecule has 0 unspecified atom stereocenters. The summed E-state index contributed by atoms with van der Waals surface area (Å²) >= 11 is 0. The summed E-state index contributed by atoms with van der Waals surface area (Å²) < 4.78 is 0. The van der Waals surface area contributed by atoms with Gasteiger partial charge in [-0.25, -0.2) is 9.97 Å². The standard InChI is InChI=1S/C27H28N6/c1-3-24(21-9-11-29-27(18-21)33-14-12-32(2)13-15-33)31-26-17-23-16-20(7-8-22(23)19-30-26)25-6-4-5-10-28-25/h3-11,16-19H,12-15H2,1-2H3,(H,30,31)/b24-3+. The monoisotopic (exact) mass is 436 g/mol. The molecule has 0 bridgehead atoms. The SMILES string of the molecule is C/C=C(/Nc1cc2cc(-c3ccccn3)ccc2cn1)c1ccnc(N2CCN(C)CC2)c1. The van der Waals surface area contributed by atoms with Gasteiger partial charge in [0.25, 0.3) is 0 Å². The summed E-state index contributed by atoms with van der Waals surface area (Å²) in [5.41, 5.74) is 4.18. The van der Waals surface area contributed by atoms with Crippen molar-refractivity contribution in [2.24, 2.45) is 0 Å². The normalized spacial score (nSPS) is 15.1. The van der Waals surface area contributed by atoms with Crippen LogP contribution in [-0.4, -0.2) is 53.1 Å². The number of benzene rings is 1. The second-order valence-electron chi connectivity index (χ2n) is 8.37. The molecule has 1 N–H and O–H groups in total. The van der Waals surface area contributed by atoms with Gasteiger partial charge in [-0.1, -0.05) is 24.3 Å². The summed E-state index contributed by atoms with van der Waals surface area (Å²) in [6.07, 6.45) is 7.71. The Morgan fingerprint density at radius 2 is 1.76 bits per heavy atom. The van der Waals surface area contributed by atoms with Gasteiger partial charge in [0.05, 0.1) is 5.69 Å². The summed E-state index contributed by atoms with van der Waals surface area (Å²) in [5.74, 6) is 1.83. The van der Waals surface area contributed by atoms with E-state index in [0.29, 0.717) is 0 Å². The summed E-state index contributed by atoms with van der Waals surface area (Å²) in [7, 11) is 2.17. The molecular formula is C27H28N6. The lowest BCUT2D eigenvalue weighted by Gasteiger charge is -2.33. The molecular weight excluding hydrogens is 408 g/mol. The van der Waals surface area contributed by atoms with Crippen LogP contribution in [0.15, 0.2) is 79.3 Å². The summed E-state index contributed by atoms with van der Waals surface area (Å²) in [5, 5.41) is 5.74. The van der Waals surface area contributed by atoms with E-state index in [1.54, 1.807) is 0 Å². The van der Waals surface area contributed by atoms with Crippen molar-refractivity contribution in [3.05, 3.63) is 84.8 Å². The number of piperazine rings is 1. The molecule has 4 aromatic rings. The molecule has 0 radical (unpaired) electrons. The third-order valence-corrected chi connectivity index (χ3v) is 6.12. The minimum absolute atomic E-state index is 0.812. The summed E-state index contributed by atoms with van der Waals surface area (Å²) in [4.78, 5) is 18.4. The molecule has 6 nitrogen and oxygen atoms in total. The topological polar surface area (TPSA) is 57.2 Å². The van der Waals surface area contributed by atoms with Crippen LogP contribution < -0.4 is 10.2 Å². The Morgan fingerprint density at radius 1 is 0.879 bits per heavy atom. The first-order chi connectivity index (χ1) is 16.2. The Hall–Kier alpha value is -3.77. The van der Waals surface area contributed by atoms with Gasteiger partial charge in [0.1, 0.15) is 11.6 Å². The number of anilines is 2. The number of hydrogen-bond acceptors (Lipinski definition) is 6. The maximum absolute atomic E-state index is 4.64. The number of nitrogens with zero attached hydrogens (tertiary/aromatic N) is 5. The number of rotatable bonds is 5. The lowest BCUT2D eigenvalue weighted by Crippen LogP contribution is -2.44. The molecule has 1 fully saturated rings. The number of allylic oxidation sites excluding steroid dienone is 1. The molecule has 33 heavy (non-hydrogen) atoms. The molecule has 1 aliphatic heterocycles. The van der Waals surface area contributed by atoms with Crippen molar-refractivity contribution in [2.75, 3.05) is 43.4 Å². The Kier molecular flexibility index (Phi) is 6.00. The van der Waals surface area contributed by atoms with Gasteiger partial charge in [-0.3, -0.25) is 4.98 Å². The van der Waals surface area contributed by atoms with Gasteiger partial charge in [-0.05, 0) is 55.8 Å². The second-order valence-corrected chi connectivity index (χ2v) is 8.37. The fourth-order valence-corrected chi connectivity index (χ4v) is 4.15. The van der Waals surface area contributed by atoms with Gasteiger partial charge in [-0.2, -0.15) is 0 Å². The smallest absolute Gasteiger partial charge is 0.130 e. The van der Waals surface area contributed by atoms with Gasteiger partial charge in [0.2, 0.25) is 0 Å². The van der Waals surface area contributed by atoms with E-state index in [4.69, 9.17) is 0 Å². The number of aromatic nitrogens is 3. The van der Waals surface area contributed by atoms with Gasteiger partial charge < -0.3 is 15.1 Å². The molecule has 4 heterocycles. The van der Waals surface area contributed by atoms with Gasteiger partial charge in [0, 0.05) is 67.0 Å². The first-order valence-corrected chi connectivity index (χ1v) is 11.3. The number of pyridine rings is 3. The van der Waals surface area contributed by atoms with Crippen LogP contribution in [0.2, 0.25) is 0 Å². The largest absolute Gasteiger partial charge is 0.354 e. The molecule has 0 amide bonds. The van der Waals surface area contributed by atoms with Crippen molar-refractivity contribution in [2.45, 2.75) is 6.92 Å². The van der Waals surface area contributed by atoms with Crippen molar-refractivity contribution in [1.29, 1.82) is 0 Å². The van der Waals surface area contributed by atoms with E-state index in [1.807, 2.05) is 49.8 Å². The number of hydrogen-bond donors (Lipinski definition) is 1. The maximum atomic E-state index is 4.64. The van der Waals surface area contributed by atoms with Gasteiger partial charge in [0.15, 0.2) is 0 Å². The highest BCUT2D eigenvalue weighted by molar-refractivity contribution is 5.89. The van der Waals surface area contributed by atoms with E-state index in [1.165, 1.54) is 0 Å². The number of nitrogens with one attached hydrogen (secondary N) is 1. The first-order valence-electron chi connectivity index (χ1n) is 11.3. The van der Waals surface area contributed by atoms with Crippen LogP contribution in [0.5, 0.6) is 0 Å². The lowest BCUT2D eigenvalue weighted by molar-refractivity contribution is 0.312. The first kappa shape index (κ1) is 21.1. The van der Waals surface area contributed by atoms with Crippen LogP contribution in [0.3, 0.4) is 0 Å². The minimum Gasteiger partial charge on any atom is -0.354 e. The van der Waals surface area contributed by atoms with Crippen molar-refractivity contribution in [1.82, 2.24) is 19.9 Å². The molecule has 5 rings (SSSR count). The number of likely N-dealkylation sites (N-methyl/N-ethyl adjacent to an activating group) is 1. The predicted octanol–water partition coefficient (Wildman–Crippen LogP) is 4.92. The predicted molar refractivity (Wildman–Crippen MR) is 136 cm³/mol. The highest BCUT2D eigenvalue weighted by atomic mass is 15.3. The van der Waals surface area contributed by atoms with Gasteiger partial charge >= 0.3 is 0 Å². The second kappa shape index (κ2) is 9.38. The summed E-state index contributed by atoms with van der Waals surface area (Å²) in [6.45, 7) is 6.15. The minimum atomic E-state index is 0.812. The van der Waals surface area contributed by atoms with Crippen LogP contribution in [0, 0.1) is 0 Å². The van der Waals surface area contributed by atoms with E-state index in [9.17, 15) is 0 Å². The zero-order chi connectivity index (χ0) is 22.6. The fourth-order valence-electron chi connectivity index (χ4n) is 4.15. The average molecular weight is 437 g/mol. The quantitative estimate of drug-likeness (QED) is 0.479. The molecule has 0 aliphatic carbocycles. The van der Waals surface area contributed by atoms with E-state index in [-0.39, 0.29) is 0 Å². The van der Waals surface area contributed by atoms with E-state index in [2.05, 4.69) is 73.5 Å². The van der Waals surface area contributed by atoms with Crippen LogP contribution in [0.25, 0.3) is 27.7 Å². The zero-order valence-electron chi connectivity index (χ0n) is 19.1. The Morgan fingerprint density at radius 3 is 2.55 bits per heavy atom. The molecule has 0 saturated carbocycles. The molecule has 1 aliphatic rings. The third kappa shape index (κ3) is 4.71. The Bertz CT molecular complexity index is 1280. The Balaban J connectivity index is 1.39. The van der Waals surface area contributed by atoms with Crippen LogP contribution >= 0.6 is 0 Å². The van der Waals surface area contributed by atoms with Crippen LogP contribution in [0.4, 0.5) is 11.6 Å². The molecule has 3 aromatic heterocycles. The highest BCUT2D eigenvalue weighted by Gasteiger charge is 2.16. The van der Waals surface area contributed by atoms with Crippen LogP contribution in [0.1, 0.15) is 12.5 Å². The van der Waals surface area contributed by atoms with E-state index >= 15 is 0 Å². The molecule has 6 heteroatoms. The molecule has 1 aromatic carbocycles. The van der Waals surface area contributed by atoms with Gasteiger partial charge in [-0.15, -0.1) is 0 Å². The van der Waals surface area contributed by atoms with E-state index < -0.39 is 0 Å². The summed E-state index contributed by atoms with van der Waals surface area (Å²) in [6, 6.07) is 18.6. The fraction of sp³-hybridized carbons (Fsp3) is 0.222. The number of fused-ring (bicyclic) bond motifs is 1. The molecule has 166 valence electrons. The third-order valence-electron chi connectivity index (χ3n) is 6.12. The van der Waals surface area contributed by atoms with Crippen LogP contribution in [-0.2, 0) is 0 Å². The molecule has 1 saturated heterocycles. The lowest BCUT2D eigenvalue weighted by atomic mass is 10.1. The van der Waals surface area contributed by atoms with Crippen molar-refractivity contribution >= 4 is 28.1 Å². The maximum Gasteiger partial charge on any atom is 0.130 e. The van der Waals surface area contributed by atoms with Crippen molar-refractivity contribution in [3.8, 4) is 11.3 Å². The van der Waals surface area contributed by atoms with Crippen molar-refractivity contribution in [3.63, 3.8) is 0 Å². The zero-order valence-corrected chi connectivity index (χ0v) is 19.1.